The second-order valence-corrected chi connectivity index (χ2v) is 4.87. The average molecular weight is 236 g/mol. The fraction of sp³-hybridized carbons (Fsp3) is 0.615. The van der Waals surface area contributed by atoms with E-state index in [1.165, 1.54) is 19.3 Å². The van der Waals surface area contributed by atoms with E-state index in [0.717, 1.165) is 24.4 Å². The molecule has 0 radical (unpaired) electrons. The van der Waals surface area contributed by atoms with Crippen molar-refractivity contribution >= 4 is 5.91 Å². The first-order chi connectivity index (χ1) is 8.08. The first kappa shape index (κ1) is 12.2. The van der Waals surface area contributed by atoms with Crippen LogP contribution in [0.5, 0.6) is 0 Å². The second-order valence-electron chi connectivity index (χ2n) is 4.87. The standard InChI is InChI=1S/C13H20N2O2/c1-9-5-3-4-6-15(9)8-11-7-12(13(14)16)17-10(11)2/h7,9H,3-6,8H2,1-2H3,(H2,14,16). The van der Waals surface area contributed by atoms with Gasteiger partial charge in [-0.1, -0.05) is 6.42 Å². The molecule has 2 rings (SSSR count). The lowest BCUT2D eigenvalue weighted by Gasteiger charge is -2.33. The van der Waals surface area contributed by atoms with Crippen molar-refractivity contribution in [2.45, 2.75) is 45.7 Å². The Morgan fingerprint density at radius 3 is 2.94 bits per heavy atom. The highest BCUT2D eigenvalue weighted by Gasteiger charge is 2.20. The van der Waals surface area contributed by atoms with Gasteiger partial charge in [-0.05, 0) is 39.3 Å². The third-order valence-corrected chi connectivity index (χ3v) is 3.58. The zero-order chi connectivity index (χ0) is 12.4. The lowest BCUT2D eigenvalue weighted by Crippen LogP contribution is -2.36. The van der Waals surface area contributed by atoms with Gasteiger partial charge >= 0.3 is 0 Å². The number of nitrogens with two attached hydrogens (primary N) is 1. The molecule has 1 aromatic rings. The number of hydrogen-bond acceptors (Lipinski definition) is 3. The van der Waals surface area contributed by atoms with E-state index in [4.69, 9.17) is 10.2 Å². The van der Waals surface area contributed by atoms with Gasteiger partial charge in [-0.25, -0.2) is 0 Å². The summed E-state index contributed by atoms with van der Waals surface area (Å²) in [6.45, 7) is 6.11. The van der Waals surface area contributed by atoms with Gasteiger partial charge in [0, 0.05) is 18.2 Å². The Kier molecular flexibility index (Phi) is 3.52. The fourth-order valence-corrected chi connectivity index (χ4v) is 2.41. The van der Waals surface area contributed by atoms with E-state index in [2.05, 4.69) is 11.8 Å². The van der Waals surface area contributed by atoms with Gasteiger partial charge < -0.3 is 10.2 Å². The number of piperidine rings is 1. The van der Waals surface area contributed by atoms with Crippen LogP contribution in [0.2, 0.25) is 0 Å². The predicted molar refractivity (Wildman–Crippen MR) is 65.7 cm³/mol. The molecule has 0 aromatic carbocycles. The number of likely N-dealkylation sites (tertiary alicyclic amines) is 1. The molecule has 0 spiro atoms. The van der Waals surface area contributed by atoms with E-state index in [-0.39, 0.29) is 5.76 Å². The smallest absolute Gasteiger partial charge is 0.284 e. The minimum absolute atomic E-state index is 0.266. The largest absolute Gasteiger partial charge is 0.456 e. The molecule has 94 valence electrons. The SMILES string of the molecule is Cc1oc(C(N)=O)cc1CN1CCCCC1C. The highest BCUT2D eigenvalue weighted by Crippen LogP contribution is 2.22. The van der Waals surface area contributed by atoms with Gasteiger partial charge in [0.05, 0.1) is 0 Å². The molecule has 17 heavy (non-hydrogen) atoms. The molecule has 1 aromatic heterocycles. The summed E-state index contributed by atoms with van der Waals surface area (Å²) < 4.78 is 5.35. The van der Waals surface area contributed by atoms with Gasteiger partial charge in [-0.3, -0.25) is 9.69 Å². The molecule has 0 bridgehead atoms. The predicted octanol–water partition coefficient (Wildman–Crippen LogP) is 2.06. The van der Waals surface area contributed by atoms with Crippen LogP contribution >= 0.6 is 0 Å². The summed E-state index contributed by atoms with van der Waals surface area (Å²) in [5, 5.41) is 0. The normalized spacial score (nSPS) is 21.6. The average Bonchev–Trinajstić information content (AvgIpc) is 2.64. The van der Waals surface area contributed by atoms with E-state index in [0.29, 0.717) is 6.04 Å². The number of rotatable bonds is 3. The summed E-state index contributed by atoms with van der Waals surface area (Å²) in [6.07, 6.45) is 3.82. The quantitative estimate of drug-likeness (QED) is 0.873. The molecular weight excluding hydrogens is 216 g/mol. The zero-order valence-corrected chi connectivity index (χ0v) is 10.5. The molecule has 4 nitrogen and oxygen atoms in total. The molecule has 0 aliphatic carbocycles. The van der Waals surface area contributed by atoms with Crippen molar-refractivity contribution in [3.05, 3.63) is 23.2 Å². The molecule has 1 aliphatic rings. The van der Waals surface area contributed by atoms with Crippen molar-refractivity contribution < 1.29 is 9.21 Å². The van der Waals surface area contributed by atoms with Crippen LogP contribution in [0.1, 0.15) is 48.1 Å². The molecule has 1 amide bonds. The van der Waals surface area contributed by atoms with Gasteiger partial charge in [0.1, 0.15) is 5.76 Å². The van der Waals surface area contributed by atoms with Crippen LogP contribution in [0, 0.1) is 6.92 Å². The molecule has 1 atom stereocenters. The van der Waals surface area contributed by atoms with Crippen molar-refractivity contribution in [3.63, 3.8) is 0 Å². The van der Waals surface area contributed by atoms with Crippen molar-refractivity contribution in [2.24, 2.45) is 5.73 Å². The summed E-state index contributed by atoms with van der Waals surface area (Å²) >= 11 is 0. The maximum Gasteiger partial charge on any atom is 0.284 e. The zero-order valence-electron chi connectivity index (χ0n) is 10.5. The number of carbonyl (C=O) groups excluding carboxylic acids is 1. The summed E-state index contributed by atoms with van der Waals surface area (Å²) in [7, 11) is 0. The summed E-state index contributed by atoms with van der Waals surface area (Å²) in [5.41, 5.74) is 6.29. The number of furan rings is 1. The van der Waals surface area contributed by atoms with Gasteiger partial charge in [-0.2, -0.15) is 0 Å². The molecule has 1 aliphatic heterocycles. The number of amides is 1. The molecule has 2 N–H and O–H groups in total. The Balaban J connectivity index is 2.09. The number of nitrogens with zero attached hydrogens (tertiary/aromatic N) is 1. The number of carbonyl (C=O) groups is 1. The van der Waals surface area contributed by atoms with Crippen LogP contribution in [0.25, 0.3) is 0 Å². The first-order valence-electron chi connectivity index (χ1n) is 6.21. The lowest BCUT2D eigenvalue weighted by molar-refractivity contribution is 0.0972. The highest BCUT2D eigenvalue weighted by atomic mass is 16.3. The van der Waals surface area contributed by atoms with Crippen LogP contribution in [0.15, 0.2) is 10.5 Å². The molecule has 1 unspecified atom stereocenters. The first-order valence-corrected chi connectivity index (χ1v) is 6.21. The molecule has 4 heteroatoms. The van der Waals surface area contributed by atoms with Gasteiger partial charge in [0.15, 0.2) is 5.76 Å². The Morgan fingerprint density at radius 1 is 1.59 bits per heavy atom. The Hall–Kier alpha value is -1.29. The topological polar surface area (TPSA) is 59.5 Å². The Labute approximate surface area is 102 Å². The lowest BCUT2D eigenvalue weighted by atomic mass is 10.0. The van der Waals surface area contributed by atoms with E-state index < -0.39 is 5.91 Å². The van der Waals surface area contributed by atoms with E-state index in [1.54, 1.807) is 6.07 Å². The number of primary amides is 1. The van der Waals surface area contributed by atoms with Crippen molar-refractivity contribution in [1.82, 2.24) is 4.90 Å². The number of hydrogen-bond donors (Lipinski definition) is 1. The van der Waals surface area contributed by atoms with Crippen molar-refractivity contribution in [3.8, 4) is 0 Å². The van der Waals surface area contributed by atoms with E-state index in [9.17, 15) is 4.79 Å². The monoisotopic (exact) mass is 236 g/mol. The fourth-order valence-electron chi connectivity index (χ4n) is 2.41. The molecular formula is C13H20N2O2. The summed E-state index contributed by atoms with van der Waals surface area (Å²) in [4.78, 5) is 13.5. The van der Waals surface area contributed by atoms with Crippen LogP contribution in [0.3, 0.4) is 0 Å². The maximum absolute atomic E-state index is 11.0. The van der Waals surface area contributed by atoms with Crippen molar-refractivity contribution in [2.75, 3.05) is 6.54 Å². The second kappa shape index (κ2) is 4.92. The Bertz CT molecular complexity index is 412. The third kappa shape index (κ3) is 2.69. The van der Waals surface area contributed by atoms with Crippen molar-refractivity contribution in [1.29, 1.82) is 0 Å². The Morgan fingerprint density at radius 2 is 2.35 bits per heavy atom. The molecule has 0 saturated carbocycles. The molecule has 2 heterocycles. The summed E-state index contributed by atoms with van der Waals surface area (Å²) in [6, 6.07) is 2.38. The molecule has 1 saturated heterocycles. The van der Waals surface area contributed by atoms with Crippen LogP contribution < -0.4 is 5.73 Å². The van der Waals surface area contributed by atoms with E-state index >= 15 is 0 Å². The van der Waals surface area contributed by atoms with Crippen LogP contribution in [0.4, 0.5) is 0 Å². The summed E-state index contributed by atoms with van der Waals surface area (Å²) in [5.74, 6) is 0.574. The maximum atomic E-state index is 11.0. The minimum Gasteiger partial charge on any atom is -0.456 e. The van der Waals surface area contributed by atoms with E-state index in [1.807, 2.05) is 6.92 Å². The highest BCUT2D eigenvalue weighted by molar-refractivity contribution is 5.90. The third-order valence-electron chi connectivity index (χ3n) is 3.58. The number of aryl methyl sites for hydroxylation is 1. The van der Waals surface area contributed by atoms with Gasteiger partial charge in [-0.15, -0.1) is 0 Å². The minimum atomic E-state index is -0.494. The van der Waals surface area contributed by atoms with Crippen LogP contribution in [-0.4, -0.2) is 23.4 Å². The molecule has 1 fully saturated rings. The van der Waals surface area contributed by atoms with Crippen LogP contribution in [-0.2, 0) is 6.54 Å². The van der Waals surface area contributed by atoms with Gasteiger partial charge in [0.2, 0.25) is 0 Å². The van der Waals surface area contributed by atoms with Gasteiger partial charge in [0.25, 0.3) is 5.91 Å².